The molecule has 0 unspecified atom stereocenters. The number of aromatic nitrogens is 2. The van der Waals surface area contributed by atoms with Crippen molar-refractivity contribution in [2.24, 2.45) is 0 Å². The predicted molar refractivity (Wildman–Crippen MR) is 70.7 cm³/mol. The first-order chi connectivity index (χ1) is 12.3. The average molecular weight is 466 g/mol. The molecule has 0 spiro atoms. The summed E-state index contributed by atoms with van der Waals surface area (Å²) in [5, 5.41) is 0.539. The number of rotatable bonds is 3. The highest BCUT2D eigenvalue weighted by atomic mass is 32.2. The molecule has 1 aromatic heterocycles. The van der Waals surface area contributed by atoms with Crippen LogP contribution >= 0.6 is 0 Å². The van der Waals surface area contributed by atoms with Crippen LogP contribution < -0.4 is 4.18 Å². The standard InChI is InChI=1S/C10H3F9N2O5S2/c11-8(12,13)7-6-4(21(20-7)27(22,23)9(14,15)16)2-1-3-5(6)26-28(24,25)10(17,18)19/h1-3H. The first kappa shape index (κ1) is 22.1. The van der Waals surface area contributed by atoms with Crippen molar-refractivity contribution in [3.05, 3.63) is 23.9 Å². The van der Waals surface area contributed by atoms with Crippen molar-refractivity contribution < 1.29 is 60.5 Å². The number of halogens is 9. The quantitative estimate of drug-likeness (QED) is 0.392. The summed E-state index contributed by atoms with van der Waals surface area (Å²) in [6.07, 6.45) is -5.69. The van der Waals surface area contributed by atoms with Crippen LogP contribution in [0.25, 0.3) is 10.9 Å². The van der Waals surface area contributed by atoms with E-state index in [2.05, 4.69) is 9.28 Å². The van der Waals surface area contributed by atoms with Gasteiger partial charge in [0.2, 0.25) is 0 Å². The lowest BCUT2D eigenvalue weighted by Gasteiger charge is -2.11. The topological polar surface area (TPSA) is 95.3 Å². The smallest absolute Gasteiger partial charge is 0.375 e. The minimum absolute atomic E-state index is 0.243. The largest absolute Gasteiger partial charge is 0.534 e. The van der Waals surface area contributed by atoms with Gasteiger partial charge < -0.3 is 4.18 Å². The van der Waals surface area contributed by atoms with Crippen LogP contribution in [-0.2, 0) is 26.3 Å². The third kappa shape index (κ3) is 3.56. The molecule has 7 nitrogen and oxygen atoms in total. The Morgan fingerprint density at radius 2 is 1.39 bits per heavy atom. The SMILES string of the molecule is O=S(=O)(Oc1cccc2c1c(C(F)(F)F)nn2S(=O)(=O)C(F)(F)F)C(F)(F)F. The lowest BCUT2D eigenvalue weighted by Crippen LogP contribution is -2.30. The summed E-state index contributed by atoms with van der Waals surface area (Å²) in [7, 11) is -13.1. The van der Waals surface area contributed by atoms with Gasteiger partial charge in [0.25, 0.3) is 0 Å². The highest BCUT2D eigenvalue weighted by Gasteiger charge is 2.52. The summed E-state index contributed by atoms with van der Waals surface area (Å²) in [6, 6.07) is 1.04. The van der Waals surface area contributed by atoms with Crippen LogP contribution in [0.1, 0.15) is 5.69 Å². The fourth-order valence-electron chi connectivity index (χ4n) is 1.83. The first-order valence-electron chi connectivity index (χ1n) is 6.22. The highest BCUT2D eigenvalue weighted by molar-refractivity contribution is 7.90. The van der Waals surface area contributed by atoms with Gasteiger partial charge in [0.05, 0.1) is 10.9 Å². The van der Waals surface area contributed by atoms with Crippen molar-refractivity contribution in [3.8, 4) is 5.75 Å². The van der Waals surface area contributed by atoms with Gasteiger partial charge >= 0.3 is 37.3 Å². The molecule has 0 aliphatic carbocycles. The summed E-state index contributed by atoms with van der Waals surface area (Å²) in [5.41, 5.74) is -16.2. The predicted octanol–water partition coefficient (Wildman–Crippen LogP) is 2.98. The van der Waals surface area contributed by atoms with Crippen molar-refractivity contribution in [2.45, 2.75) is 17.2 Å². The Balaban J connectivity index is 2.93. The van der Waals surface area contributed by atoms with Gasteiger partial charge in [-0.05, 0) is 12.1 Å². The monoisotopic (exact) mass is 466 g/mol. The van der Waals surface area contributed by atoms with Crippen molar-refractivity contribution in [2.75, 3.05) is 0 Å². The molecular formula is C10H3F9N2O5S2. The molecule has 0 fully saturated rings. The van der Waals surface area contributed by atoms with E-state index in [1.54, 1.807) is 0 Å². The van der Waals surface area contributed by atoms with Crippen molar-refractivity contribution >= 4 is 31.0 Å². The molecule has 28 heavy (non-hydrogen) atoms. The van der Waals surface area contributed by atoms with Crippen LogP contribution in [0.15, 0.2) is 18.2 Å². The van der Waals surface area contributed by atoms with Crippen LogP contribution in [-0.4, -0.2) is 37.0 Å². The molecule has 0 saturated carbocycles. The number of hydrogen-bond donors (Lipinski definition) is 0. The van der Waals surface area contributed by atoms with Gasteiger partial charge in [0.15, 0.2) is 11.4 Å². The van der Waals surface area contributed by atoms with Crippen molar-refractivity contribution in [1.29, 1.82) is 0 Å². The molecule has 2 aromatic rings. The molecular weight excluding hydrogens is 463 g/mol. The Morgan fingerprint density at radius 1 is 0.857 bits per heavy atom. The Labute approximate surface area is 148 Å². The third-order valence-electron chi connectivity index (χ3n) is 2.91. The van der Waals surface area contributed by atoms with Gasteiger partial charge in [-0.15, -0.1) is 4.09 Å². The van der Waals surface area contributed by atoms with E-state index in [0.717, 1.165) is 0 Å². The molecule has 18 heteroatoms. The zero-order valence-electron chi connectivity index (χ0n) is 12.4. The Bertz CT molecular complexity index is 1130. The molecule has 0 bridgehead atoms. The van der Waals surface area contributed by atoms with E-state index >= 15 is 0 Å². The van der Waals surface area contributed by atoms with Crippen LogP contribution in [0.4, 0.5) is 39.5 Å². The van der Waals surface area contributed by atoms with E-state index in [-0.39, 0.29) is 6.07 Å². The molecule has 1 aromatic carbocycles. The fraction of sp³-hybridized carbons (Fsp3) is 0.300. The number of alkyl halides is 9. The number of fused-ring (bicyclic) bond motifs is 1. The Hall–Kier alpha value is -2.24. The molecule has 2 rings (SSSR count). The maximum absolute atomic E-state index is 13.1. The maximum atomic E-state index is 13.1. The summed E-state index contributed by atoms with van der Waals surface area (Å²) in [4.78, 5) is 0. The fourth-order valence-corrected chi connectivity index (χ4v) is 3.09. The van der Waals surface area contributed by atoms with Crippen LogP contribution in [0.2, 0.25) is 0 Å². The van der Waals surface area contributed by atoms with Crippen LogP contribution in [0.3, 0.4) is 0 Å². The normalized spacial score (nSPS) is 14.5. The van der Waals surface area contributed by atoms with E-state index in [9.17, 15) is 56.3 Å². The van der Waals surface area contributed by atoms with Crippen molar-refractivity contribution in [3.63, 3.8) is 0 Å². The molecule has 0 amide bonds. The van der Waals surface area contributed by atoms with Gasteiger partial charge in [-0.1, -0.05) is 6.07 Å². The first-order valence-corrected chi connectivity index (χ1v) is 9.07. The third-order valence-corrected chi connectivity index (χ3v) is 5.19. The summed E-state index contributed by atoms with van der Waals surface area (Å²) < 4.78 is 162. The Kier molecular flexibility index (Phi) is 4.83. The van der Waals surface area contributed by atoms with E-state index in [0.29, 0.717) is 12.1 Å². The number of nitrogens with zero attached hydrogens (tertiary/aromatic N) is 2. The lowest BCUT2D eigenvalue weighted by atomic mass is 10.2. The van der Waals surface area contributed by atoms with E-state index < -0.39 is 63.8 Å². The molecule has 1 heterocycles. The molecule has 158 valence electrons. The second kappa shape index (κ2) is 6.13. The van der Waals surface area contributed by atoms with E-state index in [4.69, 9.17) is 0 Å². The maximum Gasteiger partial charge on any atom is 0.534 e. The van der Waals surface area contributed by atoms with Gasteiger partial charge in [0, 0.05) is 0 Å². The highest BCUT2D eigenvalue weighted by Crippen LogP contribution is 2.41. The zero-order chi connectivity index (χ0) is 21.9. The van der Waals surface area contributed by atoms with Gasteiger partial charge in [-0.2, -0.15) is 61.4 Å². The molecule has 0 atom stereocenters. The van der Waals surface area contributed by atoms with E-state index in [1.807, 2.05) is 0 Å². The van der Waals surface area contributed by atoms with Crippen molar-refractivity contribution in [1.82, 2.24) is 9.19 Å². The number of benzene rings is 1. The van der Waals surface area contributed by atoms with Gasteiger partial charge in [-0.25, -0.2) is 0 Å². The summed E-state index contributed by atoms with van der Waals surface area (Å²) in [6.45, 7) is 0. The molecule has 0 aliphatic rings. The molecule has 0 aliphatic heterocycles. The second-order valence-corrected chi connectivity index (χ2v) is 8.07. The van der Waals surface area contributed by atoms with Gasteiger partial charge in [-0.3, -0.25) is 0 Å². The summed E-state index contributed by atoms with van der Waals surface area (Å²) in [5.74, 6) is -1.73. The lowest BCUT2D eigenvalue weighted by molar-refractivity contribution is -0.140. The van der Waals surface area contributed by atoms with Crippen LogP contribution in [0.5, 0.6) is 5.75 Å². The van der Waals surface area contributed by atoms with Crippen LogP contribution in [0, 0.1) is 0 Å². The summed E-state index contributed by atoms with van der Waals surface area (Å²) >= 11 is 0. The second-order valence-electron chi connectivity index (χ2n) is 4.77. The molecule has 0 N–H and O–H groups in total. The van der Waals surface area contributed by atoms with E-state index in [1.165, 1.54) is 0 Å². The molecule has 0 radical (unpaired) electrons. The number of hydrogen-bond acceptors (Lipinski definition) is 6. The minimum Gasteiger partial charge on any atom is -0.375 e. The zero-order valence-corrected chi connectivity index (χ0v) is 14.0. The minimum atomic E-state index is -6.55. The molecule has 0 saturated heterocycles. The van der Waals surface area contributed by atoms with Gasteiger partial charge in [0.1, 0.15) is 0 Å². The average Bonchev–Trinajstić information content (AvgIpc) is 2.85. The Morgan fingerprint density at radius 3 is 1.82 bits per heavy atom.